The highest BCUT2D eigenvalue weighted by Crippen LogP contribution is 2.17. The smallest absolute Gasteiger partial charge is 0.306 e. The average Bonchev–Trinajstić information content (AvgIpc) is 3.35. The van der Waals surface area contributed by atoms with Crippen LogP contribution in [0.25, 0.3) is 0 Å². The number of carbonyl (C=O) groups is 3. The van der Waals surface area contributed by atoms with Crippen molar-refractivity contribution in [3.05, 3.63) is 60.8 Å². The fourth-order valence-electron chi connectivity index (χ4n) is 8.53. The maximum atomic E-state index is 12.9. The van der Waals surface area contributed by atoms with Crippen molar-refractivity contribution in [2.75, 3.05) is 13.2 Å². The molecule has 0 amide bonds. The Morgan fingerprint density at radius 2 is 0.580 bits per heavy atom. The van der Waals surface area contributed by atoms with Crippen LogP contribution in [0.4, 0.5) is 0 Å². The summed E-state index contributed by atoms with van der Waals surface area (Å²) in [7, 11) is 0. The lowest BCUT2D eigenvalue weighted by Crippen LogP contribution is -2.30. The molecule has 0 rings (SSSR count). The van der Waals surface area contributed by atoms with Crippen molar-refractivity contribution in [2.45, 2.75) is 309 Å². The third kappa shape index (κ3) is 55.9. The van der Waals surface area contributed by atoms with Gasteiger partial charge in [0.25, 0.3) is 0 Å². The molecule has 0 bridgehead atoms. The lowest BCUT2D eigenvalue weighted by Gasteiger charge is -2.18. The molecule has 0 aliphatic rings. The Balaban J connectivity index is 4.28. The lowest BCUT2D eigenvalue weighted by molar-refractivity contribution is -0.167. The van der Waals surface area contributed by atoms with Gasteiger partial charge in [0.05, 0.1) is 0 Å². The molecule has 400 valence electrons. The van der Waals surface area contributed by atoms with E-state index >= 15 is 0 Å². The molecule has 6 heteroatoms. The number of hydrogen-bond acceptors (Lipinski definition) is 6. The van der Waals surface area contributed by atoms with E-state index in [0.717, 1.165) is 89.9 Å². The van der Waals surface area contributed by atoms with Gasteiger partial charge in [0, 0.05) is 19.3 Å². The van der Waals surface area contributed by atoms with Crippen molar-refractivity contribution in [3.8, 4) is 0 Å². The Kier molecular flexibility index (Phi) is 55.3. The molecule has 0 N–H and O–H groups in total. The first-order chi connectivity index (χ1) is 34.0. The van der Waals surface area contributed by atoms with Gasteiger partial charge in [0.2, 0.25) is 0 Å². The van der Waals surface area contributed by atoms with E-state index in [4.69, 9.17) is 14.2 Å². The summed E-state index contributed by atoms with van der Waals surface area (Å²) in [5.41, 5.74) is 0. The molecule has 0 aromatic carbocycles. The van der Waals surface area contributed by atoms with Crippen molar-refractivity contribution >= 4 is 17.9 Å². The molecule has 1 atom stereocenters. The SMILES string of the molecule is CC/C=C\C/C=C\C/C=C\C/C=C\CCCCCCCCCCCCC(=O)OCC(COC(=O)CCCCCCC/C=C\CCCC)OC(=O)CCCCCCCCCCCCCCCCCCC. The third-order valence-corrected chi connectivity index (χ3v) is 13.0. The van der Waals surface area contributed by atoms with Crippen molar-refractivity contribution in [2.24, 2.45) is 0 Å². The molecular formula is C63H112O6. The van der Waals surface area contributed by atoms with E-state index in [1.54, 1.807) is 0 Å². The van der Waals surface area contributed by atoms with Crippen molar-refractivity contribution < 1.29 is 28.6 Å². The summed E-state index contributed by atoms with van der Waals surface area (Å²) in [5, 5.41) is 0. The van der Waals surface area contributed by atoms with E-state index in [1.807, 2.05) is 0 Å². The van der Waals surface area contributed by atoms with E-state index in [2.05, 4.69) is 81.5 Å². The fraction of sp³-hybridized carbons (Fsp3) is 0.794. The van der Waals surface area contributed by atoms with Gasteiger partial charge in [-0.2, -0.15) is 0 Å². The van der Waals surface area contributed by atoms with Gasteiger partial charge in [0.1, 0.15) is 13.2 Å². The monoisotopic (exact) mass is 965 g/mol. The Morgan fingerprint density at radius 1 is 0.304 bits per heavy atom. The molecular weight excluding hydrogens is 853 g/mol. The molecule has 0 aromatic heterocycles. The topological polar surface area (TPSA) is 78.9 Å². The standard InChI is InChI=1S/C63H112O6/c1-4-7-10-13-16-19-22-24-26-28-29-30-31-32-33-35-36-38-41-44-47-50-53-56-62(65)68-59-60(58-67-61(64)55-52-49-46-43-40-21-18-15-12-9-6-3)69-63(66)57-54-51-48-45-42-39-37-34-27-25-23-20-17-14-11-8-5-2/h7,10,15-16,18-19,24,26,29-30,60H,4-6,8-9,11-14,17,20-23,25,27-28,31-59H2,1-3H3/b10-7-,18-15-,19-16-,26-24-,30-29-. The minimum atomic E-state index is -0.777. The second kappa shape index (κ2) is 57.7. The number of ether oxygens (including phenoxy) is 3. The molecule has 0 heterocycles. The van der Waals surface area contributed by atoms with Crippen LogP contribution in [0.2, 0.25) is 0 Å². The van der Waals surface area contributed by atoms with Gasteiger partial charge >= 0.3 is 17.9 Å². The van der Waals surface area contributed by atoms with Crippen molar-refractivity contribution in [3.63, 3.8) is 0 Å². The van der Waals surface area contributed by atoms with Crippen molar-refractivity contribution in [1.29, 1.82) is 0 Å². The second-order valence-electron chi connectivity index (χ2n) is 19.9. The van der Waals surface area contributed by atoms with Crippen LogP contribution in [-0.4, -0.2) is 37.2 Å². The van der Waals surface area contributed by atoms with Crippen LogP contribution >= 0.6 is 0 Å². The number of allylic oxidation sites excluding steroid dienone is 10. The summed E-state index contributed by atoms with van der Waals surface area (Å²) >= 11 is 0. The first-order valence-electron chi connectivity index (χ1n) is 29.8. The summed E-state index contributed by atoms with van der Waals surface area (Å²) in [4.78, 5) is 38.1. The van der Waals surface area contributed by atoms with E-state index in [1.165, 1.54) is 173 Å². The van der Waals surface area contributed by atoms with Gasteiger partial charge in [0.15, 0.2) is 6.10 Å². The highest BCUT2D eigenvalue weighted by molar-refractivity contribution is 5.71. The first-order valence-corrected chi connectivity index (χ1v) is 29.8. The second-order valence-corrected chi connectivity index (χ2v) is 19.9. The van der Waals surface area contributed by atoms with Gasteiger partial charge in [-0.05, 0) is 77.0 Å². The highest BCUT2D eigenvalue weighted by Gasteiger charge is 2.19. The lowest BCUT2D eigenvalue weighted by atomic mass is 10.0. The van der Waals surface area contributed by atoms with Gasteiger partial charge in [-0.1, -0.05) is 268 Å². The highest BCUT2D eigenvalue weighted by atomic mass is 16.6. The molecule has 0 saturated carbocycles. The van der Waals surface area contributed by atoms with E-state index in [-0.39, 0.29) is 31.1 Å². The van der Waals surface area contributed by atoms with Crippen LogP contribution in [0, 0.1) is 0 Å². The van der Waals surface area contributed by atoms with Crippen LogP contribution in [0.5, 0.6) is 0 Å². The number of carbonyl (C=O) groups excluding carboxylic acids is 3. The van der Waals surface area contributed by atoms with Gasteiger partial charge < -0.3 is 14.2 Å². The number of esters is 3. The molecule has 69 heavy (non-hydrogen) atoms. The normalized spacial score (nSPS) is 12.4. The molecule has 0 aliphatic heterocycles. The van der Waals surface area contributed by atoms with Crippen LogP contribution in [0.15, 0.2) is 60.8 Å². The van der Waals surface area contributed by atoms with E-state index < -0.39 is 6.10 Å². The zero-order chi connectivity index (χ0) is 50.0. The van der Waals surface area contributed by atoms with Crippen molar-refractivity contribution in [1.82, 2.24) is 0 Å². The quantitative estimate of drug-likeness (QED) is 0.0262. The Labute approximate surface area is 428 Å². The summed E-state index contributed by atoms with van der Waals surface area (Å²) < 4.78 is 16.9. The van der Waals surface area contributed by atoms with Crippen LogP contribution in [0.3, 0.4) is 0 Å². The maximum Gasteiger partial charge on any atom is 0.306 e. The molecule has 6 nitrogen and oxygen atoms in total. The summed E-state index contributed by atoms with van der Waals surface area (Å²) in [6.45, 7) is 6.51. The Hall–Kier alpha value is -2.89. The van der Waals surface area contributed by atoms with Gasteiger partial charge in [-0.15, -0.1) is 0 Å². The largest absolute Gasteiger partial charge is 0.462 e. The molecule has 0 fully saturated rings. The molecule has 0 aliphatic carbocycles. The van der Waals surface area contributed by atoms with E-state index in [0.29, 0.717) is 19.3 Å². The predicted octanol–water partition coefficient (Wildman–Crippen LogP) is 20.0. The predicted molar refractivity (Wildman–Crippen MR) is 298 cm³/mol. The van der Waals surface area contributed by atoms with E-state index in [9.17, 15) is 14.4 Å². The number of unbranched alkanes of at least 4 members (excludes halogenated alkanes) is 33. The van der Waals surface area contributed by atoms with Crippen LogP contribution in [-0.2, 0) is 28.6 Å². The summed E-state index contributed by atoms with van der Waals surface area (Å²) in [6, 6.07) is 0. The minimum Gasteiger partial charge on any atom is -0.462 e. The zero-order valence-corrected chi connectivity index (χ0v) is 45.8. The first kappa shape index (κ1) is 66.1. The van der Waals surface area contributed by atoms with Gasteiger partial charge in [-0.25, -0.2) is 0 Å². The summed E-state index contributed by atoms with van der Waals surface area (Å²) in [6.07, 6.45) is 72.2. The van der Waals surface area contributed by atoms with Crippen LogP contribution in [0.1, 0.15) is 303 Å². The minimum absolute atomic E-state index is 0.0762. The average molecular weight is 966 g/mol. The third-order valence-electron chi connectivity index (χ3n) is 13.0. The Morgan fingerprint density at radius 3 is 0.942 bits per heavy atom. The zero-order valence-electron chi connectivity index (χ0n) is 45.8. The molecule has 0 aromatic rings. The fourth-order valence-corrected chi connectivity index (χ4v) is 8.53. The number of hydrogen-bond donors (Lipinski definition) is 0. The van der Waals surface area contributed by atoms with Gasteiger partial charge in [-0.3, -0.25) is 14.4 Å². The number of rotatable bonds is 54. The Bertz CT molecular complexity index is 1250. The molecule has 1 unspecified atom stereocenters. The summed E-state index contributed by atoms with van der Waals surface area (Å²) in [5.74, 6) is -0.875. The van der Waals surface area contributed by atoms with Crippen LogP contribution < -0.4 is 0 Å². The maximum absolute atomic E-state index is 12.9. The molecule has 0 spiro atoms. The molecule has 0 radical (unpaired) electrons. The molecule has 0 saturated heterocycles.